The second-order valence-electron chi connectivity index (χ2n) is 4.61. The molecule has 116 valence electrons. The van der Waals surface area contributed by atoms with Crippen LogP contribution in [-0.2, 0) is 12.6 Å². The molecule has 0 aliphatic carbocycles. The molecular formula is C16H13F3O2S. The Kier molecular flexibility index (Phi) is 4.81. The number of hydrogen-bond donors (Lipinski definition) is 1. The summed E-state index contributed by atoms with van der Waals surface area (Å²) in [6.07, 6.45) is -3.89. The van der Waals surface area contributed by atoms with Gasteiger partial charge in [-0.15, -0.1) is 0 Å². The highest BCUT2D eigenvalue weighted by Crippen LogP contribution is 2.40. The van der Waals surface area contributed by atoms with E-state index in [0.29, 0.717) is 16.9 Å². The van der Waals surface area contributed by atoms with Crippen LogP contribution in [0.25, 0.3) is 0 Å². The van der Waals surface area contributed by atoms with Crippen molar-refractivity contribution in [3.8, 4) is 0 Å². The third kappa shape index (κ3) is 3.82. The molecule has 0 unspecified atom stereocenters. The maximum atomic E-state index is 13.1. The van der Waals surface area contributed by atoms with Gasteiger partial charge < -0.3 is 5.11 Å². The number of aromatic carboxylic acids is 1. The number of carbonyl (C=O) groups is 1. The first-order chi connectivity index (χ1) is 10.3. The zero-order valence-electron chi connectivity index (χ0n) is 11.6. The molecule has 22 heavy (non-hydrogen) atoms. The number of rotatable bonds is 4. The van der Waals surface area contributed by atoms with Crippen LogP contribution < -0.4 is 0 Å². The monoisotopic (exact) mass is 326 g/mol. The summed E-state index contributed by atoms with van der Waals surface area (Å²) < 4.78 is 39.4. The minimum atomic E-state index is -4.42. The van der Waals surface area contributed by atoms with Gasteiger partial charge in [0.25, 0.3) is 0 Å². The molecule has 0 bridgehead atoms. The quantitative estimate of drug-likeness (QED) is 0.847. The first kappa shape index (κ1) is 16.4. The highest BCUT2D eigenvalue weighted by Gasteiger charge is 2.33. The van der Waals surface area contributed by atoms with Gasteiger partial charge in [-0.2, -0.15) is 13.2 Å². The van der Waals surface area contributed by atoms with Gasteiger partial charge in [0.1, 0.15) is 0 Å². The van der Waals surface area contributed by atoms with Gasteiger partial charge in [-0.25, -0.2) is 4.79 Å². The van der Waals surface area contributed by atoms with E-state index in [4.69, 9.17) is 5.11 Å². The average Bonchev–Trinajstić information content (AvgIpc) is 2.47. The van der Waals surface area contributed by atoms with Gasteiger partial charge in [-0.1, -0.05) is 24.8 Å². The van der Waals surface area contributed by atoms with Crippen molar-refractivity contribution in [1.82, 2.24) is 0 Å². The summed E-state index contributed by atoms with van der Waals surface area (Å²) in [5.74, 6) is -1.07. The minimum Gasteiger partial charge on any atom is -0.478 e. The predicted molar refractivity (Wildman–Crippen MR) is 78.3 cm³/mol. The molecular weight excluding hydrogens is 313 g/mol. The van der Waals surface area contributed by atoms with Gasteiger partial charge in [-0.3, -0.25) is 0 Å². The lowest BCUT2D eigenvalue weighted by Gasteiger charge is -2.14. The first-order valence-electron chi connectivity index (χ1n) is 6.52. The number of carboxylic acids is 1. The lowest BCUT2D eigenvalue weighted by atomic mass is 10.1. The van der Waals surface area contributed by atoms with Crippen molar-refractivity contribution in [2.75, 3.05) is 0 Å². The van der Waals surface area contributed by atoms with E-state index in [2.05, 4.69) is 0 Å². The van der Waals surface area contributed by atoms with Crippen molar-refractivity contribution in [3.05, 3.63) is 59.2 Å². The molecule has 0 aromatic heterocycles. The fourth-order valence-electron chi connectivity index (χ4n) is 1.90. The summed E-state index contributed by atoms with van der Waals surface area (Å²) in [6, 6.07) is 10.0. The zero-order chi connectivity index (χ0) is 16.3. The molecule has 2 aromatic carbocycles. The van der Waals surface area contributed by atoms with Crippen LogP contribution >= 0.6 is 11.8 Å². The zero-order valence-corrected chi connectivity index (χ0v) is 12.5. The highest BCUT2D eigenvalue weighted by molar-refractivity contribution is 7.99. The normalized spacial score (nSPS) is 11.5. The Bertz CT molecular complexity index is 679. The Labute approximate surface area is 130 Å². The molecule has 1 N–H and O–H groups in total. The summed E-state index contributed by atoms with van der Waals surface area (Å²) in [6.45, 7) is 1.80. The number of hydrogen-bond acceptors (Lipinski definition) is 2. The van der Waals surface area contributed by atoms with E-state index in [-0.39, 0.29) is 10.5 Å². The molecule has 0 saturated carbocycles. The van der Waals surface area contributed by atoms with Crippen LogP contribution in [0.3, 0.4) is 0 Å². The van der Waals surface area contributed by atoms with Crippen LogP contribution in [0.15, 0.2) is 52.3 Å². The Balaban J connectivity index is 2.34. The summed E-state index contributed by atoms with van der Waals surface area (Å²) in [5, 5.41) is 8.82. The minimum absolute atomic E-state index is 0.0988. The molecule has 2 aromatic rings. The number of benzene rings is 2. The van der Waals surface area contributed by atoms with Gasteiger partial charge in [-0.05, 0) is 48.4 Å². The molecule has 0 heterocycles. The number of halogens is 3. The molecule has 2 rings (SSSR count). The molecule has 6 heteroatoms. The molecule has 0 atom stereocenters. The Morgan fingerprint density at radius 3 is 2.27 bits per heavy atom. The van der Waals surface area contributed by atoms with Crippen molar-refractivity contribution >= 4 is 17.7 Å². The standard InChI is InChI=1S/C16H13F3O2S/c1-2-10-3-8-14(13(9-10)16(17,18)19)22-12-6-4-11(5-7-12)15(20)21/h3-9H,2H2,1H3,(H,20,21). The molecule has 0 saturated heterocycles. The summed E-state index contributed by atoms with van der Waals surface area (Å²) >= 11 is 0.968. The van der Waals surface area contributed by atoms with E-state index >= 15 is 0 Å². The van der Waals surface area contributed by atoms with E-state index in [0.717, 1.165) is 17.8 Å². The second-order valence-corrected chi connectivity index (χ2v) is 5.73. The molecule has 0 fully saturated rings. The molecule has 0 aliphatic rings. The van der Waals surface area contributed by atoms with E-state index < -0.39 is 17.7 Å². The average molecular weight is 326 g/mol. The van der Waals surface area contributed by atoms with Gasteiger partial charge >= 0.3 is 12.1 Å². The predicted octanol–water partition coefficient (Wildman–Crippen LogP) is 5.12. The Morgan fingerprint density at radius 1 is 1.14 bits per heavy atom. The first-order valence-corrected chi connectivity index (χ1v) is 7.34. The van der Waals surface area contributed by atoms with E-state index in [9.17, 15) is 18.0 Å². The van der Waals surface area contributed by atoms with Crippen molar-refractivity contribution in [2.24, 2.45) is 0 Å². The maximum Gasteiger partial charge on any atom is 0.417 e. The van der Waals surface area contributed by atoms with Crippen LogP contribution in [-0.4, -0.2) is 11.1 Å². The topological polar surface area (TPSA) is 37.3 Å². The number of carboxylic acid groups (broad SMARTS) is 1. The van der Waals surface area contributed by atoms with Gasteiger partial charge in [0.15, 0.2) is 0 Å². The second kappa shape index (κ2) is 6.44. The highest BCUT2D eigenvalue weighted by atomic mass is 32.2. The van der Waals surface area contributed by atoms with E-state index in [1.165, 1.54) is 30.3 Å². The van der Waals surface area contributed by atoms with Crippen LogP contribution in [0, 0.1) is 0 Å². The largest absolute Gasteiger partial charge is 0.478 e. The van der Waals surface area contributed by atoms with Gasteiger partial charge in [0.05, 0.1) is 11.1 Å². The summed E-state index contributed by atoms with van der Waals surface area (Å²) in [7, 11) is 0. The fourth-order valence-corrected chi connectivity index (χ4v) is 2.85. The molecule has 2 nitrogen and oxygen atoms in total. The third-order valence-electron chi connectivity index (χ3n) is 3.09. The van der Waals surface area contributed by atoms with Gasteiger partial charge in [0.2, 0.25) is 0 Å². The van der Waals surface area contributed by atoms with Crippen molar-refractivity contribution in [1.29, 1.82) is 0 Å². The third-order valence-corrected chi connectivity index (χ3v) is 4.17. The summed E-state index contributed by atoms with van der Waals surface area (Å²) in [5.41, 5.74) is 0.0544. The van der Waals surface area contributed by atoms with Crippen LogP contribution in [0.1, 0.15) is 28.4 Å². The van der Waals surface area contributed by atoms with Crippen LogP contribution in [0.5, 0.6) is 0 Å². The van der Waals surface area contributed by atoms with Crippen molar-refractivity contribution < 1.29 is 23.1 Å². The van der Waals surface area contributed by atoms with E-state index in [1.54, 1.807) is 13.0 Å². The lowest BCUT2D eigenvalue weighted by Crippen LogP contribution is -2.07. The maximum absolute atomic E-state index is 13.1. The number of alkyl halides is 3. The van der Waals surface area contributed by atoms with Gasteiger partial charge in [0, 0.05) is 9.79 Å². The fraction of sp³-hybridized carbons (Fsp3) is 0.188. The number of aryl methyl sites for hydroxylation is 1. The van der Waals surface area contributed by atoms with Crippen molar-refractivity contribution in [2.45, 2.75) is 29.3 Å². The molecule has 0 radical (unpaired) electrons. The molecule has 0 spiro atoms. The lowest BCUT2D eigenvalue weighted by molar-refractivity contribution is -0.139. The summed E-state index contributed by atoms with van der Waals surface area (Å²) in [4.78, 5) is 11.4. The SMILES string of the molecule is CCc1ccc(Sc2ccc(C(=O)O)cc2)c(C(F)(F)F)c1. The Morgan fingerprint density at radius 2 is 1.77 bits per heavy atom. The van der Waals surface area contributed by atoms with Crippen LogP contribution in [0.4, 0.5) is 13.2 Å². The van der Waals surface area contributed by atoms with E-state index in [1.807, 2.05) is 0 Å². The Hall–Kier alpha value is -1.95. The smallest absolute Gasteiger partial charge is 0.417 e. The molecule has 0 aliphatic heterocycles. The molecule has 0 amide bonds. The van der Waals surface area contributed by atoms with Crippen LogP contribution in [0.2, 0.25) is 0 Å². The van der Waals surface area contributed by atoms with Crippen molar-refractivity contribution in [3.63, 3.8) is 0 Å².